The number of hydrogen-bond acceptors (Lipinski definition) is 4. The number of hydrogen-bond donors (Lipinski definition) is 1. The van der Waals surface area contributed by atoms with Crippen molar-refractivity contribution in [3.63, 3.8) is 0 Å². The van der Waals surface area contributed by atoms with E-state index in [2.05, 4.69) is 9.05 Å². The average Bonchev–Trinajstić information content (AvgIpc) is 2.14. The Bertz CT molecular complexity index is 306. The number of rotatable bonds is 8. The van der Waals surface area contributed by atoms with Gasteiger partial charge < -0.3 is 5.11 Å². The van der Waals surface area contributed by atoms with Gasteiger partial charge in [-0.05, 0) is 0 Å². The third-order valence-corrected chi connectivity index (χ3v) is 2.95. The van der Waals surface area contributed by atoms with Crippen LogP contribution in [-0.2, 0) is 18.4 Å². The number of alkyl halides is 6. The molecule has 0 radical (unpaired) electrons. The van der Waals surface area contributed by atoms with Crippen molar-refractivity contribution in [2.45, 2.75) is 25.6 Å². The highest BCUT2D eigenvalue weighted by molar-refractivity contribution is 7.54. The summed E-state index contributed by atoms with van der Waals surface area (Å²) in [5.74, 6) is -2.00. The zero-order valence-corrected chi connectivity index (χ0v) is 9.21. The van der Waals surface area contributed by atoms with Crippen LogP contribution < -0.4 is 0 Å². The molecular weight excluding hydrogens is 297 g/mol. The normalized spacial score (nSPS) is 18.7. The molecule has 108 valence electrons. The topological polar surface area (TPSA) is 72.8 Å². The highest BCUT2D eigenvalue weighted by Crippen LogP contribution is 2.51. The lowest BCUT2D eigenvalue weighted by Crippen LogP contribution is -2.23. The molecule has 18 heavy (non-hydrogen) atoms. The van der Waals surface area contributed by atoms with Crippen LogP contribution in [0.3, 0.4) is 0 Å². The van der Waals surface area contributed by atoms with E-state index in [4.69, 9.17) is 5.11 Å². The maximum atomic E-state index is 12.4. The summed E-state index contributed by atoms with van der Waals surface area (Å²) in [5, 5.41) is 8.20. The smallest absolute Gasteiger partial charge is 0.347 e. The van der Waals surface area contributed by atoms with E-state index in [9.17, 15) is 35.7 Å². The highest BCUT2D eigenvalue weighted by Gasteiger charge is 2.40. The van der Waals surface area contributed by atoms with Gasteiger partial charge >= 0.3 is 13.6 Å². The Morgan fingerprint density at radius 1 is 1.00 bits per heavy atom. The van der Waals surface area contributed by atoms with Gasteiger partial charge in [-0.1, -0.05) is 0 Å². The van der Waals surface area contributed by atoms with Crippen molar-refractivity contribution in [1.82, 2.24) is 0 Å². The Morgan fingerprint density at radius 3 is 1.56 bits per heavy atom. The van der Waals surface area contributed by atoms with Crippen LogP contribution in [0.4, 0.5) is 26.3 Å². The monoisotopic (exact) mass is 304 g/mol. The average molecular weight is 304 g/mol. The molecule has 0 aliphatic carbocycles. The second-order valence-electron chi connectivity index (χ2n) is 2.74. The fraction of sp³-hybridized carbons (Fsp3) is 0.833. The van der Waals surface area contributed by atoms with E-state index >= 15 is 0 Å². The zero-order chi connectivity index (χ0) is 14.5. The van der Waals surface area contributed by atoms with Crippen molar-refractivity contribution in [3.05, 3.63) is 0 Å². The molecule has 12 heteroatoms. The summed E-state index contributed by atoms with van der Waals surface area (Å²) in [6, 6.07) is 0. The van der Waals surface area contributed by atoms with Gasteiger partial charge in [-0.25, -0.2) is 26.3 Å². The summed E-state index contributed by atoms with van der Waals surface area (Å²) < 4.78 is 89.8. The molecule has 0 spiro atoms. The van der Waals surface area contributed by atoms with Crippen LogP contribution in [0.2, 0.25) is 0 Å². The van der Waals surface area contributed by atoms with Gasteiger partial charge in [0.25, 0.3) is 25.6 Å². The van der Waals surface area contributed by atoms with Crippen molar-refractivity contribution in [2.24, 2.45) is 0 Å². The lowest BCUT2D eigenvalue weighted by atomic mass is 10.7. The van der Waals surface area contributed by atoms with Crippen LogP contribution in [0, 0.1) is 0 Å². The van der Waals surface area contributed by atoms with Crippen LogP contribution in [0.1, 0.15) is 0 Å². The lowest BCUT2D eigenvalue weighted by Gasteiger charge is -2.20. The number of carboxylic acids is 1. The Morgan fingerprint density at radius 2 is 1.33 bits per heavy atom. The number of carbonyl (C=O) groups is 1. The summed E-state index contributed by atoms with van der Waals surface area (Å²) in [5.41, 5.74) is 0. The van der Waals surface area contributed by atoms with Gasteiger partial charge in [-0.15, -0.1) is 0 Å². The maximum Gasteiger partial charge on any atom is 0.347 e. The fourth-order valence-corrected chi connectivity index (χ4v) is 1.99. The minimum absolute atomic E-state index is 1.74. The summed E-state index contributed by atoms with van der Waals surface area (Å²) >= 11 is 0. The van der Waals surface area contributed by atoms with Gasteiger partial charge in [-0.3, -0.25) is 18.4 Å². The van der Waals surface area contributed by atoms with Crippen molar-refractivity contribution in [3.8, 4) is 0 Å². The maximum absolute atomic E-state index is 12.4. The first-order chi connectivity index (χ1) is 8.07. The van der Waals surface area contributed by atoms with Gasteiger partial charge in [-0.2, -0.15) is 0 Å². The minimum atomic E-state index is -5.31. The van der Waals surface area contributed by atoms with Crippen molar-refractivity contribution in [2.75, 3.05) is 6.16 Å². The first-order valence-corrected chi connectivity index (χ1v) is 5.82. The molecule has 1 N–H and O–H groups in total. The number of carboxylic acid groups (broad SMARTS) is 1. The number of aliphatic carboxylic acids is 1. The summed E-state index contributed by atoms with van der Waals surface area (Å²) in [6.45, 7) is 0. The predicted molar refractivity (Wildman–Crippen MR) is 44.1 cm³/mol. The lowest BCUT2D eigenvalue weighted by molar-refractivity contribution is -0.135. The van der Waals surface area contributed by atoms with Crippen LogP contribution in [0.5, 0.6) is 0 Å². The Kier molecular flexibility index (Phi) is 6.64. The minimum Gasteiger partial charge on any atom is -0.481 e. The summed E-state index contributed by atoms with van der Waals surface area (Å²) in [4.78, 5) is 10.2. The molecule has 2 unspecified atom stereocenters. The Balaban J connectivity index is 4.83. The first-order valence-electron chi connectivity index (χ1n) is 4.09. The van der Waals surface area contributed by atoms with Gasteiger partial charge in [0.1, 0.15) is 6.16 Å². The second kappa shape index (κ2) is 6.95. The molecule has 0 saturated carbocycles. The molecular formula is C6H7F6O5P. The van der Waals surface area contributed by atoms with E-state index < -0.39 is 45.3 Å². The van der Waals surface area contributed by atoms with Crippen LogP contribution >= 0.6 is 7.60 Å². The molecule has 0 bridgehead atoms. The van der Waals surface area contributed by atoms with E-state index in [-0.39, 0.29) is 0 Å². The third-order valence-electron chi connectivity index (χ3n) is 1.25. The van der Waals surface area contributed by atoms with Crippen LogP contribution in [0.25, 0.3) is 0 Å². The quantitative estimate of drug-likeness (QED) is 0.551. The van der Waals surface area contributed by atoms with Crippen molar-refractivity contribution in [1.29, 1.82) is 0 Å². The van der Waals surface area contributed by atoms with E-state index in [1.165, 1.54) is 0 Å². The fourth-order valence-electron chi connectivity index (χ4n) is 0.664. The number of halogens is 6. The van der Waals surface area contributed by atoms with E-state index in [1.54, 1.807) is 0 Å². The van der Waals surface area contributed by atoms with Gasteiger partial charge in [0, 0.05) is 0 Å². The molecule has 0 aromatic carbocycles. The Hall–Kier alpha value is -0.800. The standard InChI is InChI=1S/C6H7F6O5P/c7-3(8)5(11)16-18(15,1-2(13)14)17-6(12)4(9)10/h3-6H,1H2,(H,13,14). The molecule has 0 heterocycles. The van der Waals surface area contributed by atoms with Crippen LogP contribution in [0.15, 0.2) is 0 Å². The summed E-state index contributed by atoms with van der Waals surface area (Å²) in [7, 11) is -5.31. The van der Waals surface area contributed by atoms with Crippen LogP contribution in [-0.4, -0.2) is 42.8 Å². The predicted octanol–water partition coefficient (Wildman–Crippen LogP) is 2.42. The molecule has 5 nitrogen and oxygen atoms in total. The third kappa shape index (κ3) is 6.22. The highest BCUT2D eigenvalue weighted by atomic mass is 31.2. The van der Waals surface area contributed by atoms with E-state index in [1.807, 2.05) is 0 Å². The van der Waals surface area contributed by atoms with Gasteiger partial charge in [0.15, 0.2) is 0 Å². The SMILES string of the molecule is O=C(O)CP(=O)(OC(F)C(F)F)OC(F)C(F)F. The van der Waals surface area contributed by atoms with Gasteiger partial charge in [0.05, 0.1) is 0 Å². The second-order valence-corrected chi connectivity index (χ2v) is 4.70. The van der Waals surface area contributed by atoms with Crippen molar-refractivity contribution < 1.29 is 49.9 Å². The molecule has 0 saturated heterocycles. The molecule has 0 fully saturated rings. The van der Waals surface area contributed by atoms with E-state index in [0.29, 0.717) is 0 Å². The Labute approximate surface area is 96.2 Å². The van der Waals surface area contributed by atoms with E-state index in [0.717, 1.165) is 0 Å². The molecule has 0 aromatic heterocycles. The van der Waals surface area contributed by atoms with Gasteiger partial charge in [0.2, 0.25) is 0 Å². The molecule has 0 aliphatic heterocycles. The molecule has 0 aromatic rings. The molecule has 2 atom stereocenters. The summed E-state index contributed by atoms with van der Waals surface area (Å²) in [6.07, 6.45) is -16.5. The molecule has 0 rings (SSSR count). The molecule has 0 amide bonds. The van der Waals surface area contributed by atoms with Crippen molar-refractivity contribution >= 4 is 13.6 Å². The first kappa shape index (κ1) is 17.2. The molecule has 0 aliphatic rings. The largest absolute Gasteiger partial charge is 0.481 e. The zero-order valence-electron chi connectivity index (χ0n) is 8.31.